The van der Waals surface area contributed by atoms with Crippen LogP contribution in [0.15, 0.2) is 194 Å². The molecule has 0 fully saturated rings. The van der Waals surface area contributed by atoms with Gasteiger partial charge < -0.3 is 4.57 Å². The Morgan fingerprint density at radius 1 is 0.339 bits per heavy atom. The van der Waals surface area contributed by atoms with E-state index < -0.39 is 0 Å². The molecule has 0 aliphatic heterocycles. The quantitative estimate of drug-likeness (QED) is 0.165. The molecule has 0 atom stereocenters. The normalized spacial score (nSPS) is 11.9. The predicted octanol–water partition coefficient (Wildman–Crippen LogP) is 15.0. The topological polar surface area (TPSA) is 17.8 Å². The zero-order chi connectivity index (χ0) is 36.7. The van der Waals surface area contributed by atoms with Crippen molar-refractivity contribution in [2.75, 3.05) is 0 Å². The van der Waals surface area contributed by atoms with Crippen LogP contribution in [0, 0.1) is 0 Å². The van der Waals surface area contributed by atoms with E-state index in [1.165, 1.54) is 96.5 Å². The van der Waals surface area contributed by atoms with Crippen molar-refractivity contribution in [3.63, 3.8) is 0 Å². The largest absolute Gasteiger partial charge is 0.309 e. The van der Waals surface area contributed by atoms with Crippen LogP contribution in [0.2, 0.25) is 0 Å². The molecule has 0 aliphatic rings. The first kappa shape index (κ1) is 31.3. The molecule has 3 heterocycles. The first-order chi connectivity index (χ1) is 27.8. The van der Waals surface area contributed by atoms with Crippen LogP contribution in [0.4, 0.5) is 0 Å². The van der Waals surface area contributed by atoms with E-state index in [1.54, 1.807) is 0 Å². The summed E-state index contributed by atoms with van der Waals surface area (Å²) in [4.78, 5) is 5.05. The lowest BCUT2D eigenvalue weighted by atomic mass is 9.93. The second-order valence-corrected chi connectivity index (χ2v) is 15.8. The number of hydrogen-bond donors (Lipinski definition) is 0. The van der Waals surface area contributed by atoms with Crippen molar-refractivity contribution in [1.82, 2.24) is 9.55 Å². The molecule has 0 saturated carbocycles. The fraction of sp³-hybridized carbons (Fsp3) is 0. The third-order valence-corrected chi connectivity index (χ3v) is 12.8. The van der Waals surface area contributed by atoms with Crippen molar-refractivity contribution in [2.45, 2.75) is 0 Å². The van der Waals surface area contributed by atoms with E-state index in [-0.39, 0.29) is 0 Å². The Hall–Kier alpha value is -7.07. The highest BCUT2D eigenvalue weighted by atomic mass is 32.1. The number of pyridine rings is 1. The first-order valence-electron chi connectivity index (χ1n) is 19.1. The van der Waals surface area contributed by atoms with Crippen LogP contribution < -0.4 is 0 Å². The van der Waals surface area contributed by atoms with E-state index in [0.29, 0.717) is 0 Å². The molecule has 2 nitrogen and oxygen atoms in total. The molecule has 12 aromatic rings. The smallest absolute Gasteiger partial charge is 0.0880 e. The van der Waals surface area contributed by atoms with Crippen molar-refractivity contribution in [3.05, 3.63) is 194 Å². The molecule has 0 bridgehead atoms. The summed E-state index contributed by atoms with van der Waals surface area (Å²) in [6.45, 7) is 0. The van der Waals surface area contributed by atoms with Crippen LogP contribution in [-0.4, -0.2) is 9.55 Å². The average molecular weight is 729 g/mol. The van der Waals surface area contributed by atoms with Gasteiger partial charge in [-0.1, -0.05) is 140 Å². The van der Waals surface area contributed by atoms with Gasteiger partial charge in [0.2, 0.25) is 0 Å². The summed E-state index contributed by atoms with van der Waals surface area (Å²) in [5, 5.41) is 12.8. The van der Waals surface area contributed by atoms with Crippen LogP contribution in [0.3, 0.4) is 0 Å². The van der Waals surface area contributed by atoms with Crippen molar-refractivity contribution in [1.29, 1.82) is 0 Å². The Kier molecular flexibility index (Phi) is 6.83. The zero-order valence-corrected chi connectivity index (χ0v) is 31.1. The molecule has 260 valence electrons. The maximum absolute atomic E-state index is 5.05. The minimum absolute atomic E-state index is 1.03. The molecule has 3 heteroatoms. The number of nitrogens with zero attached hydrogens (tertiary/aromatic N) is 2. The SMILES string of the molecule is c1ccc(-c2cccc(-n3c4ccccc4c4ccc(-c5cccc(-c6nccc7c6sc6cc8c9ccccc9c9ccccc9c8cc67)c5)cc43)c2)cc1. The van der Waals surface area contributed by atoms with Gasteiger partial charge in [-0.15, -0.1) is 11.3 Å². The van der Waals surface area contributed by atoms with Crippen molar-refractivity contribution < 1.29 is 0 Å². The molecule has 0 spiro atoms. The lowest BCUT2D eigenvalue weighted by molar-refractivity contribution is 1.18. The van der Waals surface area contributed by atoms with E-state index in [4.69, 9.17) is 4.98 Å². The minimum atomic E-state index is 1.03. The van der Waals surface area contributed by atoms with Crippen LogP contribution >= 0.6 is 11.3 Å². The van der Waals surface area contributed by atoms with E-state index in [9.17, 15) is 0 Å². The Balaban J connectivity index is 1.02. The Bertz CT molecular complexity index is 3540. The van der Waals surface area contributed by atoms with Crippen molar-refractivity contribution in [2.24, 2.45) is 0 Å². The number of benzene rings is 9. The maximum Gasteiger partial charge on any atom is 0.0880 e. The lowest BCUT2D eigenvalue weighted by Gasteiger charge is -2.12. The van der Waals surface area contributed by atoms with Gasteiger partial charge in [0.1, 0.15) is 0 Å². The molecule has 56 heavy (non-hydrogen) atoms. The number of aromatic nitrogens is 2. The van der Waals surface area contributed by atoms with Crippen molar-refractivity contribution >= 4 is 85.6 Å². The monoisotopic (exact) mass is 728 g/mol. The van der Waals surface area contributed by atoms with Gasteiger partial charge in [-0.05, 0) is 103 Å². The standard InChI is InChI=1S/C53H32N2S/c1-2-12-33(13-3-1)35-15-11-17-38(29-35)55-49-23-9-8-22-43(49)44-25-24-36(30-50(44)55)34-14-10-16-37(28-34)52-53-45(26-27-54-52)48-31-46-41-20-6-4-18-39(41)40-19-5-7-21-42(40)47(46)32-51(48)56-53/h1-32H. The zero-order valence-electron chi connectivity index (χ0n) is 30.3. The summed E-state index contributed by atoms with van der Waals surface area (Å²) in [5.74, 6) is 0. The molecule has 0 unspecified atom stereocenters. The third-order valence-electron chi connectivity index (χ3n) is 11.6. The molecule has 0 N–H and O–H groups in total. The van der Waals surface area contributed by atoms with E-state index in [1.807, 2.05) is 17.5 Å². The predicted molar refractivity (Wildman–Crippen MR) is 240 cm³/mol. The minimum Gasteiger partial charge on any atom is -0.309 e. The van der Waals surface area contributed by atoms with Crippen LogP contribution in [0.5, 0.6) is 0 Å². The van der Waals surface area contributed by atoms with Gasteiger partial charge >= 0.3 is 0 Å². The fourth-order valence-electron chi connectivity index (χ4n) is 9.03. The Morgan fingerprint density at radius 3 is 1.71 bits per heavy atom. The molecule has 0 saturated heterocycles. The van der Waals surface area contributed by atoms with Gasteiger partial charge in [0.25, 0.3) is 0 Å². The van der Waals surface area contributed by atoms with E-state index in [0.717, 1.165) is 16.9 Å². The molecule has 12 rings (SSSR count). The fourth-order valence-corrected chi connectivity index (χ4v) is 10.3. The number of rotatable bonds is 4. The van der Waals surface area contributed by atoms with Gasteiger partial charge in [-0.25, -0.2) is 0 Å². The Labute approximate surface area is 327 Å². The first-order valence-corrected chi connectivity index (χ1v) is 19.9. The number of thiophene rings is 1. The van der Waals surface area contributed by atoms with Gasteiger partial charge in [0.15, 0.2) is 0 Å². The van der Waals surface area contributed by atoms with Gasteiger partial charge in [0.05, 0.1) is 21.4 Å². The number of hydrogen-bond acceptors (Lipinski definition) is 2. The molecule has 0 amide bonds. The molecule has 0 radical (unpaired) electrons. The highest BCUT2D eigenvalue weighted by Crippen LogP contribution is 2.44. The second kappa shape index (κ2) is 12.2. The summed E-state index contributed by atoms with van der Waals surface area (Å²) in [7, 11) is 0. The van der Waals surface area contributed by atoms with Crippen LogP contribution in [-0.2, 0) is 0 Å². The highest BCUT2D eigenvalue weighted by Gasteiger charge is 2.17. The summed E-state index contributed by atoms with van der Waals surface area (Å²) >= 11 is 1.85. The molecule has 9 aromatic carbocycles. The third kappa shape index (κ3) is 4.71. The van der Waals surface area contributed by atoms with Gasteiger partial charge in [0, 0.05) is 43.7 Å². The van der Waals surface area contributed by atoms with Gasteiger partial charge in [-0.3, -0.25) is 4.98 Å². The second-order valence-electron chi connectivity index (χ2n) is 14.7. The summed E-state index contributed by atoms with van der Waals surface area (Å²) < 4.78 is 4.92. The molecule has 0 aliphatic carbocycles. The highest BCUT2D eigenvalue weighted by molar-refractivity contribution is 7.26. The summed E-state index contributed by atoms with van der Waals surface area (Å²) in [6.07, 6.45) is 1.98. The van der Waals surface area contributed by atoms with Crippen LogP contribution in [0.25, 0.3) is 113 Å². The molecular formula is C53H32N2S. The number of para-hydroxylation sites is 1. The summed E-state index contributed by atoms with van der Waals surface area (Å²) in [6, 6.07) is 68.8. The number of fused-ring (bicyclic) bond motifs is 12. The maximum atomic E-state index is 5.05. The molecule has 3 aromatic heterocycles. The molecular weight excluding hydrogens is 697 g/mol. The Morgan fingerprint density at radius 2 is 0.929 bits per heavy atom. The lowest BCUT2D eigenvalue weighted by Crippen LogP contribution is -1.94. The van der Waals surface area contributed by atoms with Crippen molar-refractivity contribution in [3.8, 4) is 39.2 Å². The van der Waals surface area contributed by atoms with Crippen LogP contribution in [0.1, 0.15) is 0 Å². The average Bonchev–Trinajstić information content (AvgIpc) is 3.81. The van der Waals surface area contributed by atoms with E-state index in [2.05, 4.69) is 193 Å². The van der Waals surface area contributed by atoms with Gasteiger partial charge in [-0.2, -0.15) is 0 Å². The van der Waals surface area contributed by atoms with E-state index >= 15 is 0 Å². The summed E-state index contributed by atoms with van der Waals surface area (Å²) in [5.41, 5.74) is 10.5.